The molecular formula is C10H16ClN3O2S. The van der Waals surface area contributed by atoms with Crippen molar-refractivity contribution in [2.24, 2.45) is 5.73 Å². The number of nitrogens with one attached hydrogen (secondary N) is 2. The maximum Gasteiger partial charge on any atom is 0.229 e. The van der Waals surface area contributed by atoms with Gasteiger partial charge in [-0.15, -0.1) is 0 Å². The minimum Gasteiger partial charge on any atom is -0.385 e. The number of halogens is 1. The minimum atomic E-state index is -3.30. The van der Waals surface area contributed by atoms with Crippen LogP contribution in [0.1, 0.15) is 6.42 Å². The molecule has 0 atom stereocenters. The Balaban J connectivity index is 2.72. The summed E-state index contributed by atoms with van der Waals surface area (Å²) in [7, 11) is -3.30. The summed E-state index contributed by atoms with van der Waals surface area (Å²) in [6, 6.07) is 5.05. The predicted octanol–water partition coefficient (Wildman–Crippen LogP) is 1.47. The number of rotatable bonds is 6. The van der Waals surface area contributed by atoms with Crippen LogP contribution in [0.15, 0.2) is 18.2 Å². The summed E-state index contributed by atoms with van der Waals surface area (Å²) in [5, 5.41) is 3.49. The molecule has 0 aromatic heterocycles. The zero-order valence-electron chi connectivity index (χ0n) is 9.53. The van der Waals surface area contributed by atoms with Crippen LogP contribution in [0.25, 0.3) is 0 Å². The molecular weight excluding hydrogens is 262 g/mol. The van der Waals surface area contributed by atoms with Gasteiger partial charge in [-0.2, -0.15) is 0 Å². The Morgan fingerprint density at radius 3 is 2.65 bits per heavy atom. The van der Waals surface area contributed by atoms with Crippen molar-refractivity contribution in [3.8, 4) is 0 Å². The van der Waals surface area contributed by atoms with Gasteiger partial charge in [0.2, 0.25) is 10.0 Å². The average Bonchev–Trinajstić information content (AvgIpc) is 2.21. The predicted molar refractivity (Wildman–Crippen MR) is 72.1 cm³/mol. The minimum absolute atomic E-state index is 0.355. The van der Waals surface area contributed by atoms with Crippen LogP contribution in [0.5, 0.6) is 0 Å². The van der Waals surface area contributed by atoms with Gasteiger partial charge >= 0.3 is 0 Å². The third-order valence-electron chi connectivity index (χ3n) is 1.97. The van der Waals surface area contributed by atoms with E-state index < -0.39 is 10.0 Å². The molecule has 17 heavy (non-hydrogen) atoms. The second-order valence-electron chi connectivity index (χ2n) is 3.64. The fourth-order valence-electron chi connectivity index (χ4n) is 1.24. The van der Waals surface area contributed by atoms with Crippen LogP contribution in [0.3, 0.4) is 0 Å². The Morgan fingerprint density at radius 1 is 1.41 bits per heavy atom. The first-order chi connectivity index (χ1) is 7.92. The van der Waals surface area contributed by atoms with E-state index in [1.54, 1.807) is 18.2 Å². The highest BCUT2D eigenvalue weighted by Gasteiger charge is 2.06. The monoisotopic (exact) mass is 277 g/mol. The third kappa shape index (κ3) is 5.25. The summed E-state index contributed by atoms with van der Waals surface area (Å²) in [5.74, 6) is 0. The summed E-state index contributed by atoms with van der Waals surface area (Å²) in [4.78, 5) is 0. The second-order valence-corrected chi connectivity index (χ2v) is 5.79. The molecule has 7 heteroatoms. The maximum atomic E-state index is 11.0. The van der Waals surface area contributed by atoms with E-state index in [1.807, 2.05) is 0 Å². The van der Waals surface area contributed by atoms with Gasteiger partial charge in [0.05, 0.1) is 17.0 Å². The maximum absolute atomic E-state index is 11.0. The molecule has 5 nitrogen and oxygen atoms in total. The fourth-order valence-corrected chi connectivity index (χ4v) is 2.10. The van der Waals surface area contributed by atoms with Gasteiger partial charge in [0, 0.05) is 12.2 Å². The molecule has 96 valence electrons. The van der Waals surface area contributed by atoms with Crippen molar-refractivity contribution in [3.05, 3.63) is 23.2 Å². The van der Waals surface area contributed by atoms with Gasteiger partial charge in [-0.3, -0.25) is 4.72 Å². The number of anilines is 2. The van der Waals surface area contributed by atoms with Gasteiger partial charge in [-0.05, 0) is 31.2 Å². The highest BCUT2D eigenvalue weighted by Crippen LogP contribution is 2.26. The molecule has 1 aromatic carbocycles. The van der Waals surface area contributed by atoms with Crippen LogP contribution >= 0.6 is 11.6 Å². The quantitative estimate of drug-likeness (QED) is 0.688. The molecule has 0 saturated heterocycles. The second kappa shape index (κ2) is 6.09. The lowest BCUT2D eigenvalue weighted by molar-refractivity contribution is 0.607. The SMILES string of the molecule is CS(=O)(=O)Nc1ccc(NCCCN)cc1Cl. The summed E-state index contributed by atoms with van der Waals surface area (Å²) in [6.07, 6.45) is 1.94. The van der Waals surface area contributed by atoms with Crippen molar-refractivity contribution in [1.82, 2.24) is 0 Å². The van der Waals surface area contributed by atoms with Crippen molar-refractivity contribution in [1.29, 1.82) is 0 Å². The lowest BCUT2D eigenvalue weighted by Crippen LogP contribution is -2.11. The van der Waals surface area contributed by atoms with Crippen LogP contribution < -0.4 is 15.8 Å². The molecule has 0 aliphatic heterocycles. The van der Waals surface area contributed by atoms with Crippen molar-refractivity contribution in [2.45, 2.75) is 6.42 Å². The average molecular weight is 278 g/mol. The summed E-state index contributed by atoms with van der Waals surface area (Å²) in [5.41, 5.74) is 6.58. The fraction of sp³-hybridized carbons (Fsp3) is 0.400. The number of nitrogens with two attached hydrogens (primary N) is 1. The van der Waals surface area contributed by atoms with Gasteiger partial charge in [-0.25, -0.2) is 8.42 Å². The lowest BCUT2D eigenvalue weighted by atomic mass is 10.3. The molecule has 0 spiro atoms. The van der Waals surface area contributed by atoms with Gasteiger partial charge < -0.3 is 11.1 Å². The molecule has 1 aromatic rings. The molecule has 4 N–H and O–H groups in total. The van der Waals surface area contributed by atoms with Crippen LogP contribution in [0.4, 0.5) is 11.4 Å². The van der Waals surface area contributed by atoms with Crippen LogP contribution in [-0.2, 0) is 10.0 Å². The van der Waals surface area contributed by atoms with Crippen molar-refractivity contribution >= 4 is 33.0 Å². The molecule has 0 aliphatic rings. The van der Waals surface area contributed by atoms with E-state index in [2.05, 4.69) is 10.0 Å². The number of hydrogen-bond acceptors (Lipinski definition) is 4. The highest BCUT2D eigenvalue weighted by atomic mass is 35.5. The first-order valence-electron chi connectivity index (χ1n) is 5.13. The van der Waals surface area contributed by atoms with E-state index in [-0.39, 0.29) is 0 Å². The largest absolute Gasteiger partial charge is 0.385 e. The Bertz CT molecular complexity index is 476. The normalized spacial score (nSPS) is 11.2. The Hall–Kier alpha value is -0.980. The zero-order chi connectivity index (χ0) is 12.9. The van der Waals surface area contributed by atoms with Crippen LogP contribution in [0.2, 0.25) is 5.02 Å². The molecule has 0 aliphatic carbocycles. The number of benzene rings is 1. The number of sulfonamides is 1. The molecule has 0 unspecified atom stereocenters. The Morgan fingerprint density at radius 2 is 2.12 bits per heavy atom. The molecule has 0 amide bonds. The molecule has 0 heterocycles. The first kappa shape index (κ1) is 14.1. The molecule has 0 fully saturated rings. The third-order valence-corrected chi connectivity index (χ3v) is 2.88. The standard InChI is InChI=1S/C10H16ClN3O2S/c1-17(15,16)14-10-4-3-8(7-9(10)11)13-6-2-5-12/h3-4,7,13-14H,2,5-6,12H2,1H3. The summed E-state index contributed by atoms with van der Waals surface area (Å²) < 4.78 is 24.4. The molecule has 1 rings (SSSR count). The van der Waals surface area contributed by atoms with Gasteiger partial charge in [-0.1, -0.05) is 11.6 Å². The highest BCUT2D eigenvalue weighted by molar-refractivity contribution is 7.92. The molecule has 0 radical (unpaired) electrons. The van der Waals surface area contributed by atoms with Gasteiger partial charge in [0.25, 0.3) is 0 Å². The van der Waals surface area contributed by atoms with E-state index in [1.165, 1.54) is 0 Å². The van der Waals surface area contributed by atoms with E-state index in [0.29, 0.717) is 17.3 Å². The van der Waals surface area contributed by atoms with E-state index in [4.69, 9.17) is 17.3 Å². The smallest absolute Gasteiger partial charge is 0.229 e. The summed E-state index contributed by atoms with van der Waals surface area (Å²) >= 11 is 5.96. The van der Waals surface area contributed by atoms with Crippen molar-refractivity contribution in [2.75, 3.05) is 29.4 Å². The number of hydrogen-bond donors (Lipinski definition) is 3. The van der Waals surface area contributed by atoms with E-state index in [9.17, 15) is 8.42 Å². The topological polar surface area (TPSA) is 84.2 Å². The molecule has 0 bridgehead atoms. The molecule has 0 saturated carbocycles. The lowest BCUT2D eigenvalue weighted by Gasteiger charge is -2.09. The van der Waals surface area contributed by atoms with Crippen molar-refractivity contribution in [3.63, 3.8) is 0 Å². The van der Waals surface area contributed by atoms with E-state index >= 15 is 0 Å². The first-order valence-corrected chi connectivity index (χ1v) is 7.40. The van der Waals surface area contributed by atoms with Crippen LogP contribution in [-0.4, -0.2) is 27.8 Å². The van der Waals surface area contributed by atoms with Gasteiger partial charge in [0.15, 0.2) is 0 Å². The Kier molecular flexibility index (Phi) is 5.04. The van der Waals surface area contributed by atoms with Crippen molar-refractivity contribution < 1.29 is 8.42 Å². The zero-order valence-corrected chi connectivity index (χ0v) is 11.1. The summed E-state index contributed by atoms with van der Waals surface area (Å²) in [6.45, 7) is 1.38. The van der Waals surface area contributed by atoms with Crippen LogP contribution in [0, 0.1) is 0 Å². The van der Waals surface area contributed by atoms with Gasteiger partial charge in [0.1, 0.15) is 0 Å². The Labute approximate surface area is 106 Å². The van der Waals surface area contributed by atoms with E-state index in [0.717, 1.165) is 24.9 Å².